The van der Waals surface area contributed by atoms with Crippen molar-refractivity contribution in [1.29, 1.82) is 0 Å². The van der Waals surface area contributed by atoms with Gasteiger partial charge in [-0.05, 0) is 31.5 Å². The molecule has 21 heavy (non-hydrogen) atoms. The predicted octanol–water partition coefficient (Wildman–Crippen LogP) is 2.99. The molecule has 1 aliphatic rings. The summed E-state index contributed by atoms with van der Waals surface area (Å²) in [6.45, 7) is 3.10. The average molecular weight is 287 g/mol. The summed E-state index contributed by atoms with van der Waals surface area (Å²) >= 11 is 0. The van der Waals surface area contributed by atoms with Gasteiger partial charge in [-0.2, -0.15) is 4.98 Å². The number of nitrogens with one attached hydrogen (secondary N) is 1. The van der Waals surface area contributed by atoms with Crippen LogP contribution in [0.2, 0.25) is 0 Å². The Morgan fingerprint density at radius 3 is 3.10 bits per heavy atom. The Morgan fingerprint density at radius 1 is 1.38 bits per heavy atom. The van der Waals surface area contributed by atoms with Gasteiger partial charge in [0.05, 0.1) is 13.0 Å². The molecule has 1 fully saturated rings. The topological polar surface area (TPSA) is 60.2 Å². The lowest BCUT2D eigenvalue weighted by molar-refractivity contribution is 0.332. The van der Waals surface area contributed by atoms with Crippen molar-refractivity contribution in [3.05, 3.63) is 30.2 Å². The fourth-order valence-corrected chi connectivity index (χ4v) is 3.03. The molecular formula is C16H21N3O2. The summed E-state index contributed by atoms with van der Waals surface area (Å²) in [5, 5.41) is 7.64. The van der Waals surface area contributed by atoms with Gasteiger partial charge in [0.15, 0.2) is 0 Å². The third-order valence-electron chi connectivity index (χ3n) is 4.07. The average Bonchev–Trinajstić information content (AvgIpc) is 3.16. The molecule has 1 aromatic carbocycles. The molecule has 0 aliphatic heterocycles. The Balaban J connectivity index is 1.82. The molecule has 0 saturated heterocycles. The molecule has 112 valence electrons. The van der Waals surface area contributed by atoms with Crippen LogP contribution >= 0.6 is 0 Å². The SMILES string of the molecule is CCNC1CCCC1c1nc(-c2cccc(OC)c2)no1. The molecule has 2 unspecified atom stereocenters. The lowest BCUT2D eigenvalue weighted by atomic mass is 10.0. The highest BCUT2D eigenvalue weighted by atomic mass is 16.5. The first-order valence-electron chi connectivity index (χ1n) is 7.53. The molecule has 0 radical (unpaired) electrons. The normalized spacial score (nSPS) is 21.6. The number of likely N-dealkylation sites (N-methyl/N-ethyl adjacent to an activating group) is 1. The second-order valence-corrected chi connectivity index (χ2v) is 5.39. The molecule has 2 atom stereocenters. The van der Waals surface area contributed by atoms with E-state index in [2.05, 4.69) is 22.4 Å². The van der Waals surface area contributed by atoms with Gasteiger partial charge in [-0.25, -0.2) is 0 Å². The van der Waals surface area contributed by atoms with Gasteiger partial charge in [-0.1, -0.05) is 30.6 Å². The first-order valence-corrected chi connectivity index (χ1v) is 7.53. The van der Waals surface area contributed by atoms with Crippen LogP contribution in [-0.2, 0) is 0 Å². The Kier molecular flexibility index (Phi) is 4.20. The number of hydrogen-bond donors (Lipinski definition) is 1. The smallest absolute Gasteiger partial charge is 0.231 e. The molecule has 1 aromatic heterocycles. The Bertz CT molecular complexity index is 597. The Hall–Kier alpha value is -1.88. The maximum Gasteiger partial charge on any atom is 0.231 e. The lowest BCUT2D eigenvalue weighted by Gasteiger charge is -2.16. The summed E-state index contributed by atoms with van der Waals surface area (Å²) in [4.78, 5) is 4.60. The largest absolute Gasteiger partial charge is 0.497 e. The molecule has 1 saturated carbocycles. The number of rotatable bonds is 5. The molecule has 1 aliphatic carbocycles. The Morgan fingerprint density at radius 2 is 2.29 bits per heavy atom. The predicted molar refractivity (Wildman–Crippen MR) is 80.3 cm³/mol. The number of methoxy groups -OCH3 is 1. The quantitative estimate of drug-likeness (QED) is 0.916. The van der Waals surface area contributed by atoms with Crippen LogP contribution in [-0.4, -0.2) is 29.8 Å². The number of ether oxygens (including phenoxy) is 1. The number of hydrogen-bond acceptors (Lipinski definition) is 5. The van der Waals surface area contributed by atoms with Crippen LogP contribution in [0.15, 0.2) is 28.8 Å². The van der Waals surface area contributed by atoms with E-state index < -0.39 is 0 Å². The van der Waals surface area contributed by atoms with Crippen molar-refractivity contribution in [2.24, 2.45) is 0 Å². The maximum absolute atomic E-state index is 5.51. The van der Waals surface area contributed by atoms with Gasteiger partial charge in [0, 0.05) is 11.6 Å². The molecule has 0 amide bonds. The van der Waals surface area contributed by atoms with Crippen LogP contribution in [0, 0.1) is 0 Å². The van der Waals surface area contributed by atoms with Crippen molar-refractivity contribution < 1.29 is 9.26 Å². The minimum atomic E-state index is 0.330. The summed E-state index contributed by atoms with van der Waals surface area (Å²) in [6.07, 6.45) is 3.49. The second kappa shape index (κ2) is 6.26. The van der Waals surface area contributed by atoms with E-state index in [0.717, 1.165) is 30.2 Å². The van der Waals surface area contributed by atoms with E-state index in [9.17, 15) is 0 Å². The van der Waals surface area contributed by atoms with E-state index >= 15 is 0 Å². The summed E-state index contributed by atoms with van der Waals surface area (Å²) in [5.41, 5.74) is 0.919. The molecular weight excluding hydrogens is 266 g/mol. The second-order valence-electron chi connectivity index (χ2n) is 5.39. The van der Waals surface area contributed by atoms with Crippen molar-refractivity contribution >= 4 is 0 Å². The van der Waals surface area contributed by atoms with Crippen molar-refractivity contribution in [3.8, 4) is 17.1 Å². The van der Waals surface area contributed by atoms with Crippen LogP contribution in [0.3, 0.4) is 0 Å². The summed E-state index contributed by atoms with van der Waals surface area (Å²) in [6, 6.07) is 8.18. The van der Waals surface area contributed by atoms with Crippen molar-refractivity contribution in [3.63, 3.8) is 0 Å². The highest BCUT2D eigenvalue weighted by Gasteiger charge is 2.32. The van der Waals surface area contributed by atoms with Gasteiger partial charge < -0.3 is 14.6 Å². The zero-order valence-corrected chi connectivity index (χ0v) is 12.5. The molecule has 1 N–H and O–H groups in total. The van der Waals surface area contributed by atoms with Gasteiger partial charge in [0.25, 0.3) is 0 Å². The van der Waals surface area contributed by atoms with E-state index in [1.54, 1.807) is 7.11 Å². The zero-order chi connectivity index (χ0) is 14.7. The van der Waals surface area contributed by atoms with Crippen LogP contribution in [0.1, 0.15) is 38.0 Å². The van der Waals surface area contributed by atoms with Gasteiger partial charge in [-0.15, -0.1) is 0 Å². The third kappa shape index (κ3) is 2.93. The highest BCUT2D eigenvalue weighted by molar-refractivity contribution is 5.56. The zero-order valence-electron chi connectivity index (χ0n) is 12.5. The van der Waals surface area contributed by atoms with E-state index in [-0.39, 0.29) is 0 Å². The summed E-state index contributed by atoms with van der Waals surface area (Å²) in [7, 11) is 1.65. The maximum atomic E-state index is 5.51. The molecule has 3 rings (SSSR count). The molecule has 5 nitrogen and oxygen atoms in total. The van der Waals surface area contributed by atoms with E-state index in [4.69, 9.17) is 9.26 Å². The fourth-order valence-electron chi connectivity index (χ4n) is 3.03. The number of benzene rings is 1. The van der Waals surface area contributed by atoms with Crippen LogP contribution in [0.25, 0.3) is 11.4 Å². The molecule has 0 bridgehead atoms. The third-order valence-corrected chi connectivity index (χ3v) is 4.07. The van der Waals surface area contributed by atoms with Crippen LogP contribution < -0.4 is 10.1 Å². The first-order chi connectivity index (χ1) is 10.3. The molecule has 0 spiro atoms. The summed E-state index contributed by atoms with van der Waals surface area (Å²) < 4.78 is 10.7. The molecule has 5 heteroatoms. The fraction of sp³-hybridized carbons (Fsp3) is 0.500. The van der Waals surface area contributed by atoms with Gasteiger partial charge in [0.2, 0.25) is 11.7 Å². The van der Waals surface area contributed by atoms with Crippen LogP contribution in [0.4, 0.5) is 0 Å². The number of aromatic nitrogens is 2. The monoisotopic (exact) mass is 287 g/mol. The van der Waals surface area contributed by atoms with Crippen molar-refractivity contribution in [2.45, 2.75) is 38.1 Å². The van der Waals surface area contributed by atoms with Gasteiger partial charge in [0.1, 0.15) is 5.75 Å². The Labute approximate surface area is 124 Å². The molecule has 2 aromatic rings. The first kappa shape index (κ1) is 14.1. The standard InChI is InChI=1S/C16H21N3O2/c1-3-17-14-9-5-8-13(14)16-18-15(19-21-16)11-6-4-7-12(10-11)20-2/h4,6-7,10,13-14,17H,3,5,8-9H2,1-2H3. The minimum absolute atomic E-state index is 0.330. The van der Waals surface area contributed by atoms with Crippen LogP contribution in [0.5, 0.6) is 5.75 Å². The van der Waals surface area contributed by atoms with Crippen molar-refractivity contribution in [2.75, 3.05) is 13.7 Å². The highest BCUT2D eigenvalue weighted by Crippen LogP contribution is 2.34. The number of nitrogens with zero attached hydrogens (tertiary/aromatic N) is 2. The lowest BCUT2D eigenvalue weighted by Crippen LogP contribution is -2.31. The minimum Gasteiger partial charge on any atom is -0.497 e. The van der Waals surface area contributed by atoms with E-state index in [1.807, 2.05) is 24.3 Å². The summed E-state index contributed by atoms with van der Waals surface area (Å²) in [5.74, 6) is 2.50. The van der Waals surface area contributed by atoms with Crippen molar-refractivity contribution in [1.82, 2.24) is 15.5 Å². The van der Waals surface area contributed by atoms with E-state index in [1.165, 1.54) is 12.8 Å². The van der Waals surface area contributed by atoms with Gasteiger partial charge >= 0.3 is 0 Å². The van der Waals surface area contributed by atoms with Gasteiger partial charge in [-0.3, -0.25) is 0 Å². The molecule has 1 heterocycles. The van der Waals surface area contributed by atoms with E-state index in [0.29, 0.717) is 17.8 Å².